The van der Waals surface area contributed by atoms with Crippen LogP contribution in [0.1, 0.15) is 118 Å². The van der Waals surface area contributed by atoms with E-state index in [4.69, 9.17) is 9.84 Å². The molecule has 0 aromatic heterocycles. The third-order valence-corrected chi connectivity index (χ3v) is 11.4. The van der Waals surface area contributed by atoms with Gasteiger partial charge < -0.3 is 20.5 Å². The molecule has 2 amide bonds. The number of ether oxygens (including phenoxy) is 1. The molecule has 0 heterocycles. The fraction of sp³-hybridized carbons (Fsp3) is 0.848. The molecule has 0 saturated heterocycles. The van der Waals surface area contributed by atoms with E-state index in [0.29, 0.717) is 5.41 Å². The molecule has 7 nitrogen and oxygen atoms in total. The van der Waals surface area contributed by atoms with Gasteiger partial charge in [0.15, 0.2) is 0 Å². The van der Waals surface area contributed by atoms with Crippen LogP contribution in [-0.4, -0.2) is 42.3 Å². The van der Waals surface area contributed by atoms with Crippen molar-refractivity contribution < 1.29 is 24.2 Å². The summed E-state index contributed by atoms with van der Waals surface area (Å²) in [5, 5.41) is 14.0. The fourth-order valence-corrected chi connectivity index (χ4v) is 9.12. The summed E-state index contributed by atoms with van der Waals surface area (Å²) >= 11 is 0. The molecule has 7 heteroatoms. The van der Waals surface area contributed by atoms with Crippen molar-refractivity contribution in [1.29, 1.82) is 0 Å². The SMILES string of the molecule is CC(C)CCCCC1CCC2C3CC=C4CC(OC(=O)NCCNC(=O)CCC(=O)O)CCC4(C)C3CCC12C. The Morgan fingerprint density at radius 1 is 1.00 bits per heavy atom. The predicted octanol–water partition coefficient (Wildman–Crippen LogP) is 6.86. The number of carbonyl (C=O) groups is 3. The second kappa shape index (κ2) is 13.3. The Bertz CT molecular complexity index is 947. The van der Waals surface area contributed by atoms with Crippen LogP contribution in [0, 0.1) is 40.4 Å². The highest BCUT2D eigenvalue weighted by Crippen LogP contribution is 2.66. The summed E-state index contributed by atoms with van der Waals surface area (Å²) in [5.74, 6) is 2.82. The van der Waals surface area contributed by atoms with E-state index >= 15 is 0 Å². The Labute approximate surface area is 241 Å². The molecule has 0 bridgehead atoms. The highest BCUT2D eigenvalue weighted by atomic mass is 16.6. The van der Waals surface area contributed by atoms with Gasteiger partial charge in [0.25, 0.3) is 0 Å². The maximum atomic E-state index is 12.4. The van der Waals surface area contributed by atoms with Crippen molar-refractivity contribution in [3.63, 3.8) is 0 Å². The minimum atomic E-state index is -0.999. The number of unbranched alkanes of at least 4 members (excludes halogenated alkanes) is 1. The van der Waals surface area contributed by atoms with Gasteiger partial charge in [0.2, 0.25) is 5.91 Å². The van der Waals surface area contributed by atoms with Gasteiger partial charge in [0.1, 0.15) is 6.10 Å². The molecule has 0 aromatic carbocycles. The van der Waals surface area contributed by atoms with Gasteiger partial charge in [-0.05, 0) is 91.8 Å². The number of hydrogen-bond donors (Lipinski definition) is 3. The zero-order valence-electron chi connectivity index (χ0n) is 25.4. The van der Waals surface area contributed by atoms with Gasteiger partial charge in [-0.15, -0.1) is 0 Å². The van der Waals surface area contributed by atoms with Gasteiger partial charge in [0, 0.05) is 25.9 Å². The highest BCUT2D eigenvalue weighted by Gasteiger charge is 2.58. The Balaban J connectivity index is 1.25. The summed E-state index contributed by atoms with van der Waals surface area (Å²) in [5.41, 5.74) is 2.26. The zero-order valence-corrected chi connectivity index (χ0v) is 25.4. The number of alkyl carbamates (subject to hydrolysis) is 1. The summed E-state index contributed by atoms with van der Waals surface area (Å²) in [6, 6.07) is 0. The number of carbonyl (C=O) groups excluding carboxylic acids is 2. The molecule has 4 aliphatic carbocycles. The first-order valence-corrected chi connectivity index (χ1v) is 16.2. The second-order valence-corrected chi connectivity index (χ2v) is 14.2. The van der Waals surface area contributed by atoms with Crippen LogP contribution in [0.3, 0.4) is 0 Å². The van der Waals surface area contributed by atoms with Crippen molar-refractivity contribution in [2.75, 3.05) is 13.1 Å². The van der Waals surface area contributed by atoms with Crippen molar-refractivity contribution in [3.8, 4) is 0 Å². The number of rotatable bonds is 12. The zero-order chi connectivity index (χ0) is 28.9. The van der Waals surface area contributed by atoms with Gasteiger partial charge in [-0.1, -0.05) is 58.6 Å². The number of nitrogens with one attached hydrogen (secondary N) is 2. The van der Waals surface area contributed by atoms with Crippen LogP contribution in [0.25, 0.3) is 0 Å². The number of hydrogen-bond acceptors (Lipinski definition) is 4. The van der Waals surface area contributed by atoms with Crippen molar-refractivity contribution in [3.05, 3.63) is 11.6 Å². The molecule has 3 N–H and O–H groups in total. The van der Waals surface area contributed by atoms with Crippen molar-refractivity contribution in [2.45, 2.75) is 124 Å². The van der Waals surface area contributed by atoms with E-state index < -0.39 is 12.1 Å². The summed E-state index contributed by atoms with van der Waals surface area (Å²) < 4.78 is 5.79. The highest BCUT2D eigenvalue weighted by molar-refractivity contribution is 5.80. The molecule has 0 radical (unpaired) electrons. The average Bonchev–Trinajstić information content (AvgIpc) is 3.24. The first-order valence-electron chi connectivity index (χ1n) is 16.2. The first-order chi connectivity index (χ1) is 19.0. The normalized spacial score (nSPS) is 34.7. The quantitative estimate of drug-likeness (QED) is 0.179. The predicted molar refractivity (Wildman–Crippen MR) is 157 cm³/mol. The monoisotopic (exact) mass is 558 g/mol. The molecular formula is C33H54N2O5. The van der Waals surface area contributed by atoms with Gasteiger partial charge >= 0.3 is 12.1 Å². The molecule has 40 heavy (non-hydrogen) atoms. The number of aliphatic carboxylic acids is 1. The smallest absolute Gasteiger partial charge is 0.407 e. The van der Waals surface area contributed by atoms with Crippen LogP contribution in [-0.2, 0) is 14.3 Å². The minimum Gasteiger partial charge on any atom is -0.481 e. The molecule has 7 atom stereocenters. The standard InChI is InChI=1S/C33H54N2O5/c1-22(2)7-5-6-8-23-10-12-27-26-11-9-24-21-25(15-17-33(24,4)28(26)16-18-32(23,27)3)40-31(39)35-20-19-34-29(36)13-14-30(37)38/h9,22-23,25-28H,5-8,10-21H2,1-4H3,(H,34,36)(H,35,39)(H,37,38). The Morgan fingerprint density at radius 3 is 2.52 bits per heavy atom. The average molecular weight is 559 g/mol. The second-order valence-electron chi connectivity index (χ2n) is 14.2. The van der Waals surface area contributed by atoms with Gasteiger partial charge in [-0.25, -0.2) is 4.79 Å². The number of carboxylic acid groups (broad SMARTS) is 1. The fourth-order valence-electron chi connectivity index (χ4n) is 9.12. The number of fused-ring (bicyclic) bond motifs is 5. The van der Waals surface area contributed by atoms with Crippen molar-refractivity contribution in [2.24, 2.45) is 40.4 Å². The number of carboxylic acids is 1. The minimum absolute atomic E-state index is 0.0589. The van der Waals surface area contributed by atoms with Gasteiger partial charge in [-0.3, -0.25) is 9.59 Å². The maximum Gasteiger partial charge on any atom is 0.407 e. The van der Waals surface area contributed by atoms with Crippen LogP contribution in [0.5, 0.6) is 0 Å². The lowest BCUT2D eigenvalue weighted by Crippen LogP contribution is -2.50. The van der Waals surface area contributed by atoms with Crippen LogP contribution < -0.4 is 10.6 Å². The van der Waals surface area contributed by atoms with E-state index in [2.05, 4.69) is 44.4 Å². The first kappa shape index (κ1) is 30.9. The maximum absolute atomic E-state index is 12.4. The van der Waals surface area contributed by atoms with E-state index in [1.165, 1.54) is 63.4 Å². The third-order valence-electron chi connectivity index (χ3n) is 11.4. The van der Waals surface area contributed by atoms with E-state index in [0.717, 1.165) is 48.9 Å². The molecule has 226 valence electrons. The van der Waals surface area contributed by atoms with Crippen LogP contribution >= 0.6 is 0 Å². The lowest BCUT2D eigenvalue weighted by atomic mass is 9.47. The summed E-state index contributed by atoms with van der Waals surface area (Å²) in [6.45, 7) is 10.3. The molecule has 3 fully saturated rings. The summed E-state index contributed by atoms with van der Waals surface area (Å²) in [7, 11) is 0. The van der Waals surface area contributed by atoms with E-state index in [1.54, 1.807) is 0 Å². The molecule has 0 aromatic rings. The van der Waals surface area contributed by atoms with E-state index in [9.17, 15) is 14.4 Å². The topological polar surface area (TPSA) is 105 Å². The third kappa shape index (κ3) is 7.05. The van der Waals surface area contributed by atoms with Gasteiger partial charge in [0.05, 0.1) is 6.42 Å². The molecular weight excluding hydrogens is 504 g/mol. The number of allylic oxidation sites excluding steroid dienone is 1. The van der Waals surface area contributed by atoms with Crippen LogP contribution in [0.4, 0.5) is 4.79 Å². The summed E-state index contributed by atoms with van der Waals surface area (Å²) in [4.78, 5) is 34.6. The molecule has 4 rings (SSSR count). The lowest BCUT2D eigenvalue weighted by molar-refractivity contribution is -0.138. The largest absolute Gasteiger partial charge is 0.481 e. The molecule has 4 aliphatic rings. The lowest BCUT2D eigenvalue weighted by Gasteiger charge is -2.58. The van der Waals surface area contributed by atoms with Crippen LogP contribution in [0.2, 0.25) is 0 Å². The van der Waals surface area contributed by atoms with E-state index in [-0.39, 0.29) is 43.4 Å². The Kier molecular flexibility index (Phi) is 10.3. The van der Waals surface area contributed by atoms with E-state index in [1.807, 2.05) is 0 Å². The number of amides is 2. The molecule has 0 aliphatic heterocycles. The van der Waals surface area contributed by atoms with Gasteiger partial charge in [-0.2, -0.15) is 0 Å². The Morgan fingerprint density at radius 2 is 1.77 bits per heavy atom. The summed E-state index contributed by atoms with van der Waals surface area (Å²) in [6.07, 6.45) is 16.9. The Hall–Kier alpha value is -2.05. The molecule has 3 saturated carbocycles. The molecule has 7 unspecified atom stereocenters. The van der Waals surface area contributed by atoms with Crippen LogP contribution in [0.15, 0.2) is 11.6 Å². The van der Waals surface area contributed by atoms with Crippen molar-refractivity contribution in [1.82, 2.24) is 10.6 Å². The molecule has 0 spiro atoms. The van der Waals surface area contributed by atoms with Crippen molar-refractivity contribution >= 4 is 18.0 Å².